The van der Waals surface area contributed by atoms with E-state index in [4.69, 9.17) is 17.3 Å². The van der Waals surface area contributed by atoms with Crippen molar-refractivity contribution in [3.63, 3.8) is 0 Å². The quantitative estimate of drug-likeness (QED) is 0.906. The number of hydrogen-bond donors (Lipinski definition) is 2. The lowest BCUT2D eigenvalue weighted by molar-refractivity contribution is 0.0684. The Hall–Kier alpha value is -2.27. The van der Waals surface area contributed by atoms with E-state index in [1.54, 1.807) is 35.9 Å². The van der Waals surface area contributed by atoms with Crippen molar-refractivity contribution in [3.05, 3.63) is 57.9 Å². The van der Waals surface area contributed by atoms with Crippen molar-refractivity contribution in [1.82, 2.24) is 4.57 Å². The third kappa shape index (κ3) is 2.67. The Morgan fingerprint density at radius 2 is 2.05 bits per heavy atom. The molecule has 2 aromatic rings. The molecule has 6 heteroatoms. The second kappa shape index (κ2) is 5.38. The van der Waals surface area contributed by atoms with Crippen LogP contribution in [0.2, 0.25) is 5.02 Å². The summed E-state index contributed by atoms with van der Waals surface area (Å²) < 4.78 is 1.60. The number of hydrogen-bond acceptors (Lipinski definition) is 2. The molecule has 3 N–H and O–H groups in total. The first-order valence-corrected chi connectivity index (χ1v) is 6.25. The summed E-state index contributed by atoms with van der Waals surface area (Å²) in [6.07, 6.45) is 1.69. The fourth-order valence-electron chi connectivity index (χ4n) is 2.02. The van der Waals surface area contributed by atoms with E-state index >= 15 is 0 Å². The molecule has 1 heterocycles. The second-order valence-corrected chi connectivity index (χ2v) is 4.86. The average Bonchev–Trinajstić information content (AvgIpc) is 2.72. The summed E-state index contributed by atoms with van der Waals surface area (Å²) in [4.78, 5) is 22.3. The van der Waals surface area contributed by atoms with Gasteiger partial charge in [-0.3, -0.25) is 4.79 Å². The predicted molar refractivity (Wildman–Crippen MR) is 75.2 cm³/mol. The van der Waals surface area contributed by atoms with Crippen LogP contribution in [0.1, 0.15) is 32.0 Å². The number of aromatic carboxylic acids is 1. The number of carboxylic acids is 1. The number of nitrogens with two attached hydrogens (primary N) is 1. The minimum Gasteiger partial charge on any atom is -0.477 e. The number of benzene rings is 1. The van der Waals surface area contributed by atoms with Gasteiger partial charge in [0.2, 0.25) is 5.91 Å². The van der Waals surface area contributed by atoms with Gasteiger partial charge in [0.1, 0.15) is 5.69 Å². The van der Waals surface area contributed by atoms with E-state index in [1.807, 2.05) is 0 Å². The standard InChI is InChI=1S/C14H13ClN2O3/c1-8-4-5-17(12(8)14(19)20)7-10-3-2-9(13(16)18)6-11(10)15/h2-6H,7H2,1H3,(H2,16,18)(H,19,20). The maximum Gasteiger partial charge on any atom is 0.352 e. The number of carboxylic acid groups (broad SMARTS) is 1. The summed E-state index contributed by atoms with van der Waals surface area (Å²) in [5, 5.41) is 9.56. The molecule has 0 saturated carbocycles. The number of aryl methyl sites for hydroxylation is 1. The fraction of sp³-hybridized carbons (Fsp3) is 0.143. The van der Waals surface area contributed by atoms with Gasteiger partial charge in [-0.25, -0.2) is 4.79 Å². The fourth-order valence-corrected chi connectivity index (χ4v) is 2.26. The SMILES string of the molecule is Cc1ccn(Cc2ccc(C(N)=O)cc2Cl)c1C(=O)O. The number of carbonyl (C=O) groups excluding carboxylic acids is 1. The van der Waals surface area contributed by atoms with E-state index in [0.717, 1.165) is 5.56 Å². The van der Waals surface area contributed by atoms with Crippen LogP contribution in [0.4, 0.5) is 0 Å². The van der Waals surface area contributed by atoms with Crippen LogP contribution in [-0.4, -0.2) is 21.6 Å². The van der Waals surface area contributed by atoms with Crippen molar-refractivity contribution >= 4 is 23.5 Å². The number of aromatic nitrogens is 1. The number of carbonyl (C=O) groups is 2. The molecule has 0 bridgehead atoms. The largest absolute Gasteiger partial charge is 0.477 e. The monoisotopic (exact) mass is 292 g/mol. The van der Waals surface area contributed by atoms with Gasteiger partial charge in [0.05, 0.1) is 0 Å². The van der Waals surface area contributed by atoms with Crippen LogP contribution in [0.5, 0.6) is 0 Å². The van der Waals surface area contributed by atoms with Crippen molar-refractivity contribution in [2.45, 2.75) is 13.5 Å². The highest BCUT2D eigenvalue weighted by Gasteiger charge is 2.14. The van der Waals surface area contributed by atoms with Gasteiger partial charge in [0.15, 0.2) is 0 Å². The zero-order chi connectivity index (χ0) is 14.9. The van der Waals surface area contributed by atoms with Gasteiger partial charge in [-0.1, -0.05) is 17.7 Å². The summed E-state index contributed by atoms with van der Waals surface area (Å²) >= 11 is 6.09. The first kappa shape index (κ1) is 14.1. The Balaban J connectivity index is 2.36. The molecule has 1 amide bonds. The highest BCUT2D eigenvalue weighted by molar-refractivity contribution is 6.31. The van der Waals surface area contributed by atoms with Crippen molar-refractivity contribution in [1.29, 1.82) is 0 Å². The van der Waals surface area contributed by atoms with Gasteiger partial charge >= 0.3 is 5.97 Å². The summed E-state index contributed by atoms with van der Waals surface area (Å²) in [5.41, 5.74) is 7.11. The van der Waals surface area contributed by atoms with Crippen LogP contribution in [0, 0.1) is 6.92 Å². The molecular formula is C14H13ClN2O3. The van der Waals surface area contributed by atoms with E-state index in [-0.39, 0.29) is 5.69 Å². The molecule has 1 aromatic carbocycles. The highest BCUT2D eigenvalue weighted by Crippen LogP contribution is 2.21. The minimum absolute atomic E-state index is 0.222. The zero-order valence-electron chi connectivity index (χ0n) is 10.8. The van der Waals surface area contributed by atoms with Gasteiger partial charge < -0.3 is 15.4 Å². The lowest BCUT2D eigenvalue weighted by Crippen LogP contribution is -2.12. The molecule has 0 saturated heterocycles. The summed E-state index contributed by atoms with van der Waals surface area (Å²) in [6.45, 7) is 2.05. The number of primary amides is 1. The Labute approximate surface area is 120 Å². The third-order valence-electron chi connectivity index (χ3n) is 3.05. The molecular weight excluding hydrogens is 280 g/mol. The van der Waals surface area contributed by atoms with Crippen LogP contribution >= 0.6 is 11.6 Å². The van der Waals surface area contributed by atoms with E-state index in [2.05, 4.69) is 0 Å². The maximum absolute atomic E-state index is 11.2. The van der Waals surface area contributed by atoms with Crippen LogP contribution in [0.15, 0.2) is 30.5 Å². The first-order valence-electron chi connectivity index (χ1n) is 5.87. The Kier molecular flexibility index (Phi) is 3.81. The maximum atomic E-state index is 11.2. The van der Waals surface area contributed by atoms with E-state index < -0.39 is 11.9 Å². The molecule has 104 valence electrons. The first-order chi connectivity index (χ1) is 9.40. The van der Waals surface area contributed by atoms with Crippen LogP contribution in [0.25, 0.3) is 0 Å². The van der Waals surface area contributed by atoms with Crippen molar-refractivity contribution in [2.24, 2.45) is 5.73 Å². The molecule has 0 spiro atoms. The molecule has 5 nitrogen and oxygen atoms in total. The molecule has 0 atom stereocenters. The van der Waals surface area contributed by atoms with E-state index in [9.17, 15) is 14.7 Å². The van der Waals surface area contributed by atoms with E-state index in [0.29, 0.717) is 22.7 Å². The molecule has 0 aliphatic heterocycles. The summed E-state index contributed by atoms with van der Waals surface area (Å²) in [6, 6.07) is 6.45. The lowest BCUT2D eigenvalue weighted by atomic mass is 10.1. The van der Waals surface area contributed by atoms with Gasteiger partial charge in [0, 0.05) is 23.3 Å². The van der Waals surface area contributed by atoms with Crippen LogP contribution in [-0.2, 0) is 6.54 Å². The number of rotatable bonds is 4. The number of amides is 1. The van der Waals surface area contributed by atoms with Gasteiger partial charge in [-0.2, -0.15) is 0 Å². The highest BCUT2D eigenvalue weighted by atomic mass is 35.5. The van der Waals surface area contributed by atoms with Crippen molar-refractivity contribution in [3.8, 4) is 0 Å². The van der Waals surface area contributed by atoms with Crippen molar-refractivity contribution in [2.75, 3.05) is 0 Å². The Bertz CT molecular complexity index is 692. The summed E-state index contributed by atoms with van der Waals surface area (Å²) in [5.74, 6) is -1.54. The average molecular weight is 293 g/mol. The normalized spacial score (nSPS) is 10.5. The van der Waals surface area contributed by atoms with E-state index in [1.165, 1.54) is 6.07 Å². The molecule has 2 rings (SSSR count). The van der Waals surface area contributed by atoms with Crippen molar-refractivity contribution < 1.29 is 14.7 Å². The molecule has 0 unspecified atom stereocenters. The lowest BCUT2D eigenvalue weighted by Gasteiger charge is -2.09. The Morgan fingerprint density at radius 3 is 2.60 bits per heavy atom. The molecule has 0 radical (unpaired) electrons. The molecule has 0 aliphatic rings. The topological polar surface area (TPSA) is 85.3 Å². The Morgan fingerprint density at radius 1 is 1.35 bits per heavy atom. The molecule has 20 heavy (non-hydrogen) atoms. The summed E-state index contributed by atoms with van der Waals surface area (Å²) in [7, 11) is 0. The zero-order valence-corrected chi connectivity index (χ0v) is 11.5. The smallest absolute Gasteiger partial charge is 0.352 e. The molecule has 0 aliphatic carbocycles. The van der Waals surface area contributed by atoms with Gasteiger partial charge in [-0.05, 0) is 36.2 Å². The van der Waals surface area contributed by atoms with Crippen LogP contribution < -0.4 is 5.73 Å². The van der Waals surface area contributed by atoms with Gasteiger partial charge in [0.25, 0.3) is 0 Å². The number of halogens is 1. The second-order valence-electron chi connectivity index (χ2n) is 4.45. The van der Waals surface area contributed by atoms with Crippen LogP contribution in [0.3, 0.4) is 0 Å². The molecule has 1 aromatic heterocycles. The van der Waals surface area contributed by atoms with Gasteiger partial charge in [-0.15, -0.1) is 0 Å². The predicted octanol–water partition coefficient (Wildman–Crippen LogP) is 2.30. The number of nitrogens with zero attached hydrogens (tertiary/aromatic N) is 1. The molecule has 0 fully saturated rings. The minimum atomic E-state index is -0.989. The third-order valence-corrected chi connectivity index (χ3v) is 3.40.